The zero-order chi connectivity index (χ0) is 21.5. The quantitative estimate of drug-likeness (QED) is 0.532. The van der Waals surface area contributed by atoms with E-state index < -0.39 is 6.10 Å². The molecule has 0 spiro atoms. The van der Waals surface area contributed by atoms with E-state index in [2.05, 4.69) is 10.1 Å². The molecule has 8 heteroatoms. The van der Waals surface area contributed by atoms with E-state index in [4.69, 9.17) is 18.7 Å². The molecule has 3 rings (SSSR count). The molecule has 0 aliphatic rings. The Morgan fingerprint density at radius 2 is 1.83 bits per heavy atom. The molecule has 1 aromatic heterocycles. The highest BCUT2D eigenvalue weighted by Gasteiger charge is 2.24. The highest BCUT2D eigenvalue weighted by atomic mass is 16.5. The minimum Gasteiger partial charge on any atom is -0.493 e. The van der Waals surface area contributed by atoms with Crippen LogP contribution in [0.3, 0.4) is 0 Å². The van der Waals surface area contributed by atoms with Gasteiger partial charge in [-0.3, -0.25) is 4.79 Å². The number of methoxy groups -OCH3 is 2. The van der Waals surface area contributed by atoms with E-state index in [1.54, 1.807) is 33.4 Å². The summed E-state index contributed by atoms with van der Waals surface area (Å²) in [5, 5.41) is 4.01. The third kappa shape index (κ3) is 4.89. The number of ether oxygens (including phenoxy) is 3. The Bertz CT molecular complexity index is 974. The molecule has 0 N–H and O–H groups in total. The van der Waals surface area contributed by atoms with Gasteiger partial charge in [-0.15, -0.1) is 0 Å². The predicted molar refractivity (Wildman–Crippen MR) is 110 cm³/mol. The van der Waals surface area contributed by atoms with Crippen molar-refractivity contribution in [2.75, 3.05) is 21.3 Å². The van der Waals surface area contributed by atoms with Crippen molar-refractivity contribution >= 4 is 5.91 Å². The fraction of sp³-hybridized carbons (Fsp3) is 0.318. The first-order chi connectivity index (χ1) is 14.5. The monoisotopic (exact) mass is 411 g/mol. The van der Waals surface area contributed by atoms with Gasteiger partial charge >= 0.3 is 0 Å². The summed E-state index contributed by atoms with van der Waals surface area (Å²) >= 11 is 0. The summed E-state index contributed by atoms with van der Waals surface area (Å²) in [5.74, 6) is 2.40. The lowest BCUT2D eigenvalue weighted by atomic mass is 10.2. The van der Waals surface area contributed by atoms with Gasteiger partial charge in [-0.25, -0.2) is 0 Å². The zero-order valence-electron chi connectivity index (χ0n) is 17.5. The van der Waals surface area contributed by atoms with Gasteiger partial charge in [0, 0.05) is 12.6 Å². The number of hydrogen-bond donors (Lipinski definition) is 0. The van der Waals surface area contributed by atoms with Gasteiger partial charge in [0.25, 0.3) is 5.91 Å². The molecule has 1 atom stereocenters. The van der Waals surface area contributed by atoms with Gasteiger partial charge in [0.1, 0.15) is 5.75 Å². The third-order valence-corrected chi connectivity index (χ3v) is 4.53. The molecule has 0 saturated carbocycles. The number of hydrogen-bond acceptors (Lipinski definition) is 7. The number of likely N-dealkylation sites (N-methyl/N-ethyl adjacent to an activating group) is 1. The van der Waals surface area contributed by atoms with E-state index in [9.17, 15) is 4.79 Å². The number of para-hydroxylation sites is 1. The zero-order valence-corrected chi connectivity index (χ0v) is 17.5. The molecule has 158 valence electrons. The van der Waals surface area contributed by atoms with Crippen molar-refractivity contribution in [3.63, 3.8) is 0 Å². The highest BCUT2D eigenvalue weighted by Crippen LogP contribution is 2.31. The number of carbonyl (C=O) groups excluding carboxylic acids is 1. The molecule has 1 amide bonds. The Kier molecular flexibility index (Phi) is 6.90. The van der Waals surface area contributed by atoms with Crippen molar-refractivity contribution in [2.45, 2.75) is 26.0 Å². The molecular weight excluding hydrogens is 386 g/mol. The van der Waals surface area contributed by atoms with E-state index in [0.717, 1.165) is 5.56 Å². The Hall–Kier alpha value is -3.55. The fourth-order valence-electron chi connectivity index (χ4n) is 2.91. The van der Waals surface area contributed by atoms with Gasteiger partial charge < -0.3 is 23.6 Å². The molecule has 2 aromatic carbocycles. The SMILES string of the molecule is CC[C@H](Oc1ccccc1)C(=O)N(C)Cc1nc(-c2ccc(OC)c(OC)c2)no1. The van der Waals surface area contributed by atoms with Gasteiger partial charge in [-0.2, -0.15) is 4.98 Å². The van der Waals surface area contributed by atoms with E-state index >= 15 is 0 Å². The van der Waals surface area contributed by atoms with E-state index in [1.165, 1.54) is 4.90 Å². The van der Waals surface area contributed by atoms with Crippen molar-refractivity contribution in [3.05, 3.63) is 54.4 Å². The Morgan fingerprint density at radius 3 is 2.50 bits per heavy atom. The maximum absolute atomic E-state index is 12.8. The smallest absolute Gasteiger partial charge is 0.263 e. The number of amides is 1. The first kappa shape index (κ1) is 21.2. The van der Waals surface area contributed by atoms with Crippen LogP contribution < -0.4 is 14.2 Å². The lowest BCUT2D eigenvalue weighted by Gasteiger charge is -2.22. The molecule has 30 heavy (non-hydrogen) atoms. The lowest BCUT2D eigenvalue weighted by molar-refractivity contribution is -0.138. The van der Waals surface area contributed by atoms with Crippen LogP contribution in [0, 0.1) is 0 Å². The van der Waals surface area contributed by atoms with Crippen LogP contribution in [0.5, 0.6) is 17.2 Å². The molecule has 0 radical (unpaired) electrons. The van der Waals surface area contributed by atoms with Crippen LogP contribution in [0.15, 0.2) is 53.1 Å². The third-order valence-electron chi connectivity index (χ3n) is 4.53. The van der Waals surface area contributed by atoms with Gasteiger partial charge in [0.05, 0.1) is 20.8 Å². The number of rotatable bonds is 9. The molecule has 8 nitrogen and oxygen atoms in total. The molecule has 0 aliphatic carbocycles. The topological polar surface area (TPSA) is 86.9 Å². The number of nitrogens with zero attached hydrogens (tertiary/aromatic N) is 3. The standard InChI is InChI=1S/C22H25N3O5/c1-5-17(29-16-9-7-6-8-10-16)22(26)25(2)14-20-23-21(24-30-20)15-11-12-18(27-3)19(13-15)28-4/h6-13,17H,5,14H2,1-4H3/t17-/m0/s1. The second-order valence-electron chi connectivity index (χ2n) is 6.60. The summed E-state index contributed by atoms with van der Waals surface area (Å²) in [7, 11) is 4.81. The van der Waals surface area contributed by atoms with Crippen molar-refractivity contribution in [3.8, 4) is 28.6 Å². The first-order valence-corrected chi connectivity index (χ1v) is 9.57. The molecule has 0 bridgehead atoms. The lowest BCUT2D eigenvalue weighted by Crippen LogP contribution is -2.39. The normalized spacial score (nSPS) is 11.6. The number of carbonyl (C=O) groups is 1. The minimum absolute atomic E-state index is 0.160. The van der Waals surface area contributed by atoms with Crippen molar-refractivity contribution in [1.29, 1.82) is 0 Å². The average molecular weight is 411 g/mol. The second-order valence-corrected chi connectivity index (χ2v) is 6.60. The fourth-order valence-corrected chi connectivity index (χ4v) is 2.91. The van der Waals surface area contributed by atoms with Gasteiger partial charge in [0.15, 0.2) is 17.6 Å². The van der Waals surface area contributed by atoms with Crippen molar-refractivity contribution in [1.82, 2.24) is 15.0 Å². The summed E-state index contributed by atoms with van der Waals surface area (Å²) < 4.78 is 21.7. The molecule has 1 heterocycles. The molecular formula is C22H25N3O5. The summed E-state index contributed by atoms with van der Waals surface area (Å²) in [6, 6.07) is 14.6. The van der Waals surface area contributed by atoms with Crippen LogP contribution in [0.4, 0.5) is 0 Å². The molecule has 3 aromatic rings. The summed E-state index contributed by atoms with van der Waals surface area (Å²) in [5.41, 5.74) is 0.718. The predicted octanol–water partition coefficient (Wildman–Crippen LogP) is 3.57. The number of aromatic nitrogens is 2. The largest absolute Gasteiger partial charge is 0.493 e. The van der Waals surface area contributed by atoms with Gasteiger partial charge in [0.2, 0.25) is 11.7 Å². The molecule has 0 fully saturated rings. The van der Waals surface area contributed by atoms with Crippen LogP contribution >= 0.6 is 0 Å². The van der Waals surface area contributed by atoms with E-state index in [-0.39, 0.29) is 12.5 Å². The molecule has 0 aliphatic heterocycles. The van der Waals surface area contributed by atoms with Crippen molar-refractivity contribution in [2.24, 2.45) is 0 Å². The van der Waals surface area contributed by atoms with Crippen LogP contribution in [0.1, 0.15) is 19.2 Å². The van der Waals surface area contributed by atoms with Crippen LogP contribution in [0.2, 0.25) is 0 Å². The summed E-state index contributed by atoms with van der Waals surface area (Å²) in [6.45, 7) is 2.08. The summed E-state index contributed by atoms with van der Waals surface area (Å²) in [4.78, 5) is 18.7. The van der Waals surface area contributed by atoms with Crippen LogP contribution in [-0.2, 0) is 11.3 Å². The molecule has 0 unspecified atom stereocenters. The molecule has 0 saturated heterocycles. The Balaban J connectivity index is 1.68. The second kappa shape index (κ2) is 9.78. The maximum atomic E-state index is 12.8. The van der Waals surface area contributed by atoms with E-state index in [0.29, 0.717) is 35.4 Å². The Morgan fingerprint density at radius 1 is 1.10 bits per heavy atom. The van der Waals surface area contributed by atoms with E-state index in [1.807, 2.05) is 43.3 Å². The minimum atomic E-state index is -0.592. The Labute approximate surface area is 175 Å². The average Bonchev–Trinajstić information content (AvgIpc) is 3.25. The first-order valence-electron chi connectivity index (χ1n) is 9.57. The maximum Gasteiger partial charge on any atom is 0.263 e. The number of benzene rings is 2. The van der Waals surface area contributed by atoms with Crippen LogP contribution in [-0.4, -0.2) is 48.3 Å². The highest BCUT2D eigenvalue weighted by molar-refractivity contribution is 5.81. The van der Waals surface area contributed by atoms with Gasteiger partial charge in [-0.05, 0) is 36.8 Å². The summed E-state index contributed by atoms with van der Waals surface area (Å²) in [6.07, 6.45) is -0.0515. The van der Waals surface area contributed by atoms with Crippen molar-refractivity contribution < 1.29 is 23.5 Å². The van der Waals surface area contributed by atoms with Crippen LogP contribution in [0.25, 0.3) is 11.4 Å². The van der Waals surface area contributed by atoms with Gasteiger partial charge in [-0.1, -0.05) is 30.3 Å².